The van der Waals surface area contributed by atoms with Gasteiger partial charge in [-0.25, -0.2) is 0 Å². The Balaban J connectivity index is 1.52. The number of carbonyl (C=O) groups is 1. The zero-order chi connectivity index (χ0) is 15.4. The summed E-state index contributed by atoms with van der Waals surface area (Å²) in [5, 5.41) is 19.5. The molecule has 0 aliphatic heterocycles. The monoisotopic (exact) mass is 324 g/mol. The Kier molecular flexibility index (Phi) is 3.14. The van der Waals surface area contributed by atoms with E-state index in [1.807, 2.05) is 0 Å². The van der Waals surface area contributed by atoms with Crippen LogP contribution in [0, 0.1) is 33.8 Å². The molecule has 0 saturated heterocycles. The van der Waals surface area contributed by atoms with Crippen molar-refractivity contribution in [2.75, 3.05) is 0 Å². The maximum atomic E-state index is 12.4. The molecule has 2 N–H and O–H groups in total. The van der Waals surface area contributed by atoms with E-state index in [1.165, 1.54) is 32.1 Å². The molecule has 0 spiro atoms. The minimum absolute atomic E-state index is 0.0813. The van der Waals surface area contributed by atoms with Crippen LogP contribution in [0.3, 0.4) is 0 Å². The van der Waals surface area contributed by atoms with Crippen LogP contribution in [0.15, 0.2) is 0 Å². The number of halogens is 1. The van der Waals surface area contributed by atoms with Crippen LogP contribution in [0.4, 0.5) is 5.82 Å². The van der Waals surface area contributed by atoms with Gasteiger partial charge in [0.2, 0.25) is 0 Å². The van der Waals surface area contributed by atoms with Crippen molar-refractivity contribution in [3.05, 3.63) is 20.8 Å². The lowest BCUT2D eigenvalue weighted by atomic mass is 9.54. The van der Waals surface area contributed by atoms with E-state index in [-0.39, 0.29) is 16.8 Å². The van der Waals surface area contributed by atoms with Gasteiger partial charge in [0.05, 0.1) is 0 Å². The predicted octanol–water partition coefficient (Wildman–Crippen LogP) is 2.53. The molecule has 4 aliphatic carbocycles. The summed E-state index contributed by atoms with van der Waals surface area (Å²) in [7, 11) is 0. The third-order valence-electron chi connectivity index (χ3n) is 5.61. The highest BCUT2D eigenvalue weighted by molar-refractivity contribution is 6.35. The molecule has 1 heterocycles. The van der Waals surface area contributed by atoms with E-state index >= 15 is 0 Å². The van der Waals surface area contributed by atoms with Gasteiger partial charge >= 0.3 is 5.82 Å². The molecule has 7 nitrogen and oxygen atoms in total. The van der Waals surface area contributed by atoms with Crippen molar-refractivity contribution in [2.45, 2.75) is 38.1 Å². The fourth-order valence-electron chi connectivity index (χ4n) is 4.97. The van der Waals surface area contributed by atoms with Gasteiger partial charge in [0.25, 0.3) is 5.91 Å². The van der Waals surface area contributed by atoms with Crippen molar-refractivity contribution < 1.29 is 9.72 Å². The SMILES string of the molecule is O=C(NC1C2CC3CC(C2)CC1C3)c1n[nH]c([N+](=O)[O-])c1Cl. The second kappa shape index (κ2) is 4.94. The second-order valence-electron chi connectivity index (χ2n) is 6.92. The van der Waals surface area contributed by atoms with Gasteiger partial charge in [-0.3, -0.25) is 4.79 Å². The Hall–Kier alpha value is -1.63. The lowest BCUT2D eigenvalue weighted by Gasteiger charge is -2.54. The summed E-state index contributed by atoms with van der Waals surface area (Å²) in [5.74, 6) is 1.88. The Morgan fingerprint density at radius 2 is 1.82 bits per heavy atom. The van der Waals surface area contributed by atoms with Crippen molar-refractivity contribution >= 4 is 23.3 Å². The van der Waals surface area contributed by atoms with E-state index in [0.29, 0.717) is 11.8 Å². The summed E-state index contributed by atoms with van der Waals surface area (Å²) < 4.78 is 0. The smallest absolute Gasteiger partial charge is 0.358 e. The molecule has 4 fully saturated rings. The minimum atomic E-state index is -0.672. The first kappa shape index (κ1) is 14.0. The number of aromatic nitrogens is 2. The van der Waals surface area contributed by atoms with Gasteiger partial charge in [-0.05, 0) is 60.7 Å². The summed E-state index contributed by atoms with van der Waals surface area (Å²) in [6.45, 7) is 0. The van der Waals surface area contributed by atoms with Crippen LogP contribution in [0.25, 0.3) is 0 Å². The number of nitrogens with zero attached hydrogens (tertiary/aromatic N) is 2. The number of hydrogen-bond donors (Lipinski definition) is 2. The molecule has 8 heteroatoms. The predicted molar refractivity (Wildman–Crippen MR) is 78.6 cm³/mol. The summed E-state index contributed by atoms with van der Waals surface area (Å²) in [6, 6.07) is 0.159. The molecule has 4 aliphatic rings. The lowest BCUT2D eigenvalue weighted by molar-refractivity contribution is -0.389. The Bertz CT molecular complexity index is 616. The number of aromatic amines is 1. The molecule has 1 amide bonds. The topological polar surface area (TPSA) is 101 Å². The van der Waals surface area contributed by atoms with Gasteiger partial charge in [-0.2, -0.15) is 0 Å². The largest absolute Gasteiger partial charge is 0.362 e. The van der Waals surface area contributed by atoms with E-state index in [1.54, 1.807) is 0 Å². The average Bonchev–Trinajstić information content (AvgIpc) is 2.84. The lowest BCUT2D eigenvalue weighted by Crippen LogP contribution is -2.55. The highest BCUT2D eigenvalue weighted by atomic mass is 35.5. The number of H-pyrrole nitrogens is 1. The van der Waals surface area contributed by atoms with Gasteiger partial charge < -0.3 is 15.4 Å². The molecule has 4 bridgehead atoms. The Labute approximate surface area is 131 Å². The maximum Gasteiger partial charge on any atom is 0.362 e. The number of hydrogen-bond acceptors (Lipinski definition) is 4. The summed E-state index contributed by atoms with van der Waals surface area (Å²) in [6.07, 6.45) is 6.10. The van der Waals surface area contributed by atoms with Crippen LogP contribution in [0.2, 0.25) is 5.02 Å². The Morgan fingerprint density at radius 3 is 2.32 bits per heavy atom. The van der Waals surface area contributed by atoms with E-state index in [4.69, 9.17) is 11.6 Å². The summed E-state index contributed by atoms with van der Waals surface area (Å²) >= 11 is 5.89. The average molecular weight is 325 g/mol. The van der Waals surface area contributed by atoms with Crippen LogP contribution in [-0.4, -0.2) is 27.1 Å². The highest BCUT2D eigenvalue weighted by Gasteiger charge is 2.48. The first-order chi connectivity index (χ1) is 10.5. The molecular formula is C14H17ClN4O3. The van der Waals surface area contributed by atoms with Gasteiger partial charge in [0, 0.05) is 6.04 Å². The minimum Gasteiger partial charge on any atom is -0.358 e. The molecule has 0 unspecified atom stereocenters. The maximum absolute atomic E-state index is 12.4. The van der Waals surface area contributed by atoms with Gasteiger partial charge in [-0.1, -0.05) is 16.7 Å². The molecule has 22 heavy (non-hydrogen) atoms. The molecular weight excluding hydrogens is 308 g/mol. The quantitative estimate of drug-likeness (QED) is 0.659. The number of amides is 1. The number of carbonyl (C=O) groups excluding carboxylic acids is 1. The van der Waals surface area contributed by atoms with E-state index in [0.717, 1.165) is 11.8 Å². The van der Waals surface area contributed by atoms with E-state index in [2.05, 4.69) is 15.5 Å². The summed E-state index contributed by atoms with van der Waals surface area (Å²) in [5.41, 5.74) is -0.0813. The van der Waals surface area contributed by atoms with Crippen molar-refractivity contribution in [2.24, 2.45) is 23.7 Å². The van der Waals surface area contributed by atoms with E-state index in [9.17, 15) is 14.9 Å². The van der Waals surface area contributed by atoms with Crippen LogP contribution in [0.1, 0.15) is 42.6 Å². The van der Waals surface area contributed by atoms with Gasteiger partial charge in [0.1, 0.15) is 0 Å². The zero-order valence-corrected chi connectivity index (χ0v) is 12.7. The standard InChI is InChI=1S/C14H17ClN4O3/c15-10-12(17-18-13(10)19(21)22)14(20)16-11-8-2-6-1-7(4-8)5-9(11)3-6/h6-9,11H,1-5H2,(H,16,20)(H,17,18). The third kappa shape index (κ3) is 2.10. The van der Waals surface area contributed by atoms with Crippen LogP contribution in [0.5, 0.6) is 0 Å². The second-order valence-corrected chi connectivity index (χ2v) is 7.30. The van der Waals surface area contributed by atoms with Crippen LogP contribution in [-0.2, 0) is 0 Å². The third-order valence-corrected chi connectivity index (χ3v) is 5.97. The molecule has 0 radical (unpaired) electrons. The first-order valence-electron chi connectivity index (χ1n) is 7.72. The van der Waals surface area contributed by atoms with Gasteiger partial charge in [0.15, 0.2) is 10.7 Å². The number of nitro groups is 1. The highest BCUT2D eigenvalue weighted by Crippen LogP contribution is 2.53. The number of rotatable bonds is 3. The van der Waals surface area contributed by atoms with Crippen LogP contribution >= 0.6 is 11.6 Å². The summed E-state index contributed by atoms with van der Waals surface area (Å²) in [4.78, 5) is 22.5. The molecule has 4 saturated carbocycles. The van der Waals surface area contributed by atoms with Crippen molar-refractivity contribution in [3.8, 4) is 0 Å². The van der Waals surface area contributed by atoms with Crippen molar-refractivity contribution in [3.63, 3.8) is 0 Å². The number of nitrogens with one attached hydrogen (secondary N) is 2. The fourth-order valence-corrected chi connectivity index (χ4v) is 5.21. The van der Waals surface area contributed by atoms with Crippen LogP contribution < -0.4 is 5.32 Å². The molecule has 118 valence electrons. The molecule has 0 atom stereocenters. The molecule has 1 aromatic heterocycles. The first-order valence-corrected chi connectivity index (χ1v) is 8.09. The molecule has 1 aromatic rings. The molecule has 0 aromatic carbocycles. The zero-order valence-electron chi connectivity index (χ0n) is 11.9. The Morgan fingerprint density at radius 1 is 1.23 bits per heavy atom. The van der Waals surface area contributed by atoms with E-state index < -0.39 is 16.6 Å². The normalized spacial score (nSPS) is 35.6. The van der Waals surface area contributed by atoms with Gasteiger partial charge in [-0.15, -0.1) is 5.10 Å². The fraction of sp³-hybridized carbons (Fsp3) is 0.714. The van der Waals surface area contributed by atoms with Crippen molar-refractivity contribution in [1.82, 2.24) is 15.5 Å². The van der Waals surface area contributed by atoms with Crippen molar-refractivity contribution in [1.29, 1.82) is 0 Å². The molecule has 5 rings (SSSR count).